The number of hydrogen-bond acceptors (Lipinski definition) is 11. The Labute approximate surface area is 285 Å². The van der Waals surface area contributed by atoms with E-state index < -0.39 is 6.04 Å². The van der Waals surface area contributed by atoms with E-state index in [1.807, 2.05) is 16.7 Å². The second-order valence-electron chi connectivity index (χ2n) is 11.9. The Morgan fingerprint density at radius 2 is 1.54 bits per heavy atom. The van der Waals surface area contributed by atoms with Gasteiger partial charge >= 0.3 is 0 Å². The second kappa shape index (κ2) is 15.0. The molecule has 0 aliphatic carbocycles. The Morgan fingerprint density at radius 3 is 2.19 bits per heavy atom. The predicted octanol–water partition coefficient (Wildman–Crippen LogP) is 3.97. The Kier molecular flexibility index (Phi) is 10.8. The molecule has 2 atom stereocenters. The van der Waals surface area contributed by atoms with E-state index in [4.69, 9.17) is 41.1 Å². The normalized spacial score (nSPS) is 16.8. The van der Waals surface area contributed by atoms with Crippen LogP contribution in [0.3, 0.4) is 0 Å². The first kappa shape index (κ1) is 34.6. The molecule has 3 aromatic rings. The van der Waals surface area contributed by atoms with Gasteiger partial charge in [0, 0.05) is 62.1 Å². The smallest absolute Gasteiger partial charge is 0.254 e. The number of ether oxygens (including phenoxy) is 4. The average Bonchev–Trinajstić information content (AvgIpc) is 3.60. The van der Waals surface area contributed by atoms with Gasteiger partial charge in [0.25, 0.3) is 5.91 Å². The topological polar surface area (TPSA) is 136 Å². The van der Waals surface area contributed by atoms with Crippen LogP contribution in [0.1, 0.15) is 43.5 Å². The molecule has 2 saturated heterocycles. The highest BCUT2D eigenvalue weighted by molar-refractivity contribution is 7.80. The number of carbonyl (C=O) groups is 3. The van der Waals surface area contributed by atoms with Gasteiger partial charge in [-0.15, -0.1) is 0 Å². The van der Waals surface area contributed by atoms with Crippen molar-refractivity contribution in [3.63, 3.8) is 0 Å². The van der Waals surface area contributed by atoms with Crippen molar-refractivity contribution in [2.45, 2.75) is 39.2 Å². The fourth-order valence-electron chi connectivity index (χ4n) is 6.25. The summed E-state index contributed by atoms with van der Waals surface area (Å²) in [6, 6.07) is 8.13. The standard InChI is InChI=1S/C34H42N6O7S/c1-20(16-21(2)41)33(48)40-11-7-8-25(40)31(42)36-30-23-18-28(46-5)29(47-6)19-24(23)35-34(37-30)39-14-12-38(13-15-39)32(43)22-9-10-26(44-3)27(17-22)45-4/h9-10,17-20,25H,7-8,11-16H2,1-6H3,(H,35,36,37,42)/t20?,25-/m1/s1. The summed E-state index contributed by atoms with van der Waals surface area (Å²) in [5, 5.41) is 3.65. The van der Waals surface area contributed by atoms with Gasteiger partial charge in [-0.25, -0.2) is 4.98 Å². The number of amides is 2. The molecule has 1 unspecified atom stereocenters. The van der Waals surface area contributed by atoms with Gasteiger partial charge in [-0.05, 0) is 44.0 Å². The quantitative estimate of drug-likeness (QED) is 0.294. The molecule has 1 aromatic heterocycles. The molecule has 2 amide bonds. The molecule has 1 N–H and O–H groups in total. The van der Waals surface area contributed by atoms with Crippen molar-refractivity contribution in [3.8, 4) is 23.0 Å². The lowest BCUT2D eigenvalue weighted by atomic mass is 10.0. The van der Waals surface area contributed by atoms with Crippen LogP contribution in [-0.2, 0) is 9.59 Å². The average molecular weight is 679 g/mol. The van der Waals surface area contributed by atoms with Gasteiger partial charge < -0.3 is 43.8 Å². The third-order valence-corrected chi connectivity index (χ3v) is 9.40. The van der Waals surface area contributed by atoms with Crippen LogP contribution in [0, 0.1) is 5.92 Å². The van der Waals surface area contributed by atoms with Gasteiger partial charge in [-0.3, -0.25) is 9.59 Å². The molecule has 5 rings (SSSR count). The van der Waals surface area contributed by atoms with Crippen molar-refractivity contribution in [1.29, 1.82) is 0 Å². The van der Waals surface area contributed by atoms with E-state index in [1.165, 1.54) is 7.11 Å². The maximum Gasteiger partial charge on any atom is 0.254 e. The number of Topliss-reactive ketones (excluding diaryl/α,β-unsaturated/α-hetero) is 1. The maximum absolute atomic E-state index is 13.9. The summed E-state index contributed by atoms with van der Waals surface area (Å²) in [6.45, 7) is 5.94. The number of ketones is 1. The fourth-order valence-corrected chi connectivity index (χ4v) is 6.55. The molecule has 2 aromatic carbocycles. The highest BCUT2D eigenvalue weighted by Crippen LogP contribution is 2.36. The van der Waals surface area contributed by atoms with Crippen molar-refractivity contribution in [1.82, 2.24) is 19.8 Å². The SMILES string of the molecule is COc1ccc(C(=O)N2CCN(c3nc(NC(=O)[C@H]4CCCN4C(=S)C(C)CC(C)=O)c4cc(OC)c(OC)cc4n3)CC2)cc1OC. The lowest BCUT2D eigenvalue weighted by Crippen LogP contribution is -2.49. The van der Waals surface area contributed by atoms with Crippen molar-refractivity contribution in [3.05, 3.63) is 35.9 Å². The van der Waals surface area contributed by atoms with Crippen LogP contribution in [0.25, 0.3) is 10.9 Å². The van der Waals surface area contributed by atoms with Crippen molar-refractivity contribution in [2.75, 3.05) is 71.4 Å². The fraction of sp³-hybridized carbons (Fsp3) is 0.471. The van der Waals surface area contributed by atoms with Crippen LogP contribution in [-0.4, -0.2) is 110 Å². The van der Waals surface area contributed by atoms with E-state index in [0.29, 0.717) is 102 Å². The number of fused-ring (bicyclic) bond motifs is 1. The number of anilines is 2. The number of likely N-dealkylation sites (tertiary alicyclic amines) is 1. The Morgan fingerprint density at radius 1 is 0.896 bits per heavy atom. The van der Waals surface area contributed by atoms with Crippen LogP contribution < -0.4 is 29.2 Å². The van der Waals surface area contributed by atoms with E-state index in [2.05, 4.69) is 5.32 Å². The Bertz CT molecular complexity index is 1710. The van der Waals surface area contributed by atoms with Crippen LogP contribution >= 0.6 is 12.2 Å². The summed E-state index contributed by atoms with van der Waals surface area (Å²) in [4.78, 5) is 55.0. The summed E-state index contributed by atoms with van der Waals surface area (Å²) in [5.74, 6) is 2.30. The molecule has 2 aliphatic heterocycles. The summed E-state index contributed by atoms with van der Waals surface area (Å²) in [6.07, 6.45) is 1.76. The number of carbonyl (C=O) groups excluding carboxylic acids is 3. The van der Waals surface area contributed by atoms with Gasteiger partial charge in [0.15, 0.2) is 23.0 Å². The van der Waals surface area contributed by atoms with Crippen molar-refractivity contribution in [2.24, 2.45) is 5.92 Å². The van der Waals surface area contributed by atoms with E-state index in [0.717, 1.165) is 6.42 Å². The minimum absolute atomic E-state index is 0.0561. The molecular formula is C34H42N6O7S. The summed E-state index contributed by atoms with van der Waals surface area (Å²) in [5.41, 5.74) is 1.07. The zero-order valence-corrected chi connectivity index (χ0v) is 29.0. The van der Waals surface area contributed by atoms with Gasteiger partial charge in [-0.1, -0.05) is 19.1 Å². The first-order chi connectivity index (χ1) is 23.1. The number of hydrogen-bond donors (Lipinski definition) is 1. The van der Waals surface area contributed by atoms with Crippen molar-refractivity contribution >= 4 is 57.5 Å². The highest BCUT2D eigenvalue weighted by atomic mass is 32.1. The molecule has 14 heteroatoms. The second-order valence-corrected chi connectivity index (χ2v) is 12.3. The van der Waals surface area contributed by atoms with Gasteiger partial charge in [0.05, 0.1) is 38.9 Å². The van der Waals surface area contributed by atoms with E-state index >= 15 is 0 Å². The molecular weight excluding hydrogens is 636 g/mol. The van der Waals surface area contributed by atoms with Gasteiger partial charge in [-0.2, -0.15) is 4.98 Å². The van der Waals surface area contributed by atoms with Crippen LogP contribution in [0.2, 0.25) is 0 Å². The molecule has 0 radical (unpaired) electrons. The van der Waals surface area contributed by atoms with E-state index in [9.17, 15) is 14.4 Å². The van der Waals surface area contributed by atoms with Crippen LogP contribution in [0.15, 0.2) is 30.3 Å². The molecule has 13 nitrogen and oxygen atoms in total. The molecule has 2 fully saturated rings. The summed E-state index contributed by atoms with van der Waals surface area (Å²) < 4.78 is 21.8. The molecule has 0 saturated carbocycles. The zero-order chi connectivity index (χ0) is 34.5. The third-order valence-electron chi connectivity index (χ3n) is 8.76. The molecule has 256 valence electrons. The zero-order valence-electron chi connectivity index (χ0n) is 28.2. The number of rotatable bonds is 11. The highest BCUT2D eigenvalue weighted by Gasteiger charge is 2.35. The Balaban J connectivity index is 1.39. The number of benzene rings is 2. The Hall–Kier alpha value is -4.72. The van der Waals surface area contributed by atoms with Gasteiger partial charge in [0.2, 0.25) is 11.9 Å². The first-order valence-corrected chi connectivity index (χ1v) is 16.3. The largest absolute Gasteiger partial charge is 0.493 e. The lowest BCUT2D eigenvalue weighted by Gasteiger charge is -2.35. The number of methoxy groups -OCH3 is 4. The maximum atomic E-state index is 13.9. The summed E-state index contributed by atoms with van der Waals surface area (Å²) in [7, 11) is 6.18. The third kappa shape index (κ3) is 7.23. The monoisotopic (exact) mass is 678 g/mol. The molecule has 48 heavy (non-hydrogen) atoms. The number of nitrogens with one attached hydrogen (secondary N) is 1. The molecule has 2 aliphatic rings. The lowest BCUT2D eigenvalue weighted by molar-refractivity contribution is -0.119. The minimum Gasteiger partial charge on any atom is -0.493 e. The number of aromatic nitrogens is 2. The minimum atomic E-state index is -0.494. The van der Waals surface area contributed by atoms with Gasteiger partial charge in [0.1, 0.15) is 17.6 Å². The first-order valence-electron chi connectivity index (χ1n) is 15.9. The number of thiocarbonyl (C=S) groups is 1. The number of nitrogens with zero attached hydrogens (tertiary/aromatic N) is 5. The van der Waals surface area contributed by atoms with Crippen LogP contribution in [0.4, 0.5) is 11.8 Å². The molecule has 3 heterocycles. The van der Waals surface area contributed by atoms with Crippen LogP contribution in [0.5, 0.6) is 23.0 Å². The molecule has 0 bridgehead atoms. The molecule has 0 spiro atoms. The van der Waals surface area contributed by atoms with E-state index in [-0.39, 0.29) is 23.5 Å². The van der Waals surface area contributed by atoms with E-state index in [1.54, 1.807) is 63.5 Å². The number of piperazine rings is 1. The summed E-state index contributed by atoms with van der Waals surface area (Å²) >= 11 is 5.73. The predicted molar refractivity (Wildman–Crippen MR) is 186 cm³/mol. The van der Waals surface area contributed by atoms with Crippen molar-refractivity contribution < 1.29 is 33.3 Å².